The summed E-state index contributed by atoms with van der Waals surface area (Å²) in [5, 5.41) is 23.2. The van der Waals surface area contributed by atoms with Gasteiger partial charge in [-0.2, -0.15) is 0 Å². The molecule has 3 rings (SSSR count). The summed E-state index contributed by atoms with van der Waals surface area (Å²) in [7, 11) is 0. The highest BCUT2D eigenvalue weighted by Crippen LogP contribution is 2.23. The molecule has 0 saturated heterocycles. The van der Waals surface area contributed by atoms with Crippen molar-refractivity contribution >= 4 is 35.0 Å². The van der Waals surface area contributed by atoms with Gasteiger partial charge in [0.15, 0.2) is 11.0 Å². The van der Waals surface area contributed by atoms with E-state index in [4.69, 9.17) is 11.6 Å². The van der Waals surface area contributed by atoms with E-state index >= 15 is 0 Å². The number of nitro benzene ring substituents is 1. The van der Waals surface area contributed by atoms with E-state index < -0.39 is 4.92 Å². The molecule has 0 aliphatic carbocycles. The van der Waals surface area contributed by atoms with Gasteiger partial charge >= 0.3 is 0 Å². The molecular weight excluding hydrogens is 426 g/mol. The van der Waals surface area contributed by atoms with Crippen LogP contribution in [0.25, 0.3) is 0 Å². The van der Waals surface area contributed by atoms with Crippen LogP contribution < -0.4 is 5.32 Å². The summed E-state index contributed by atoms with van der Waals surface area (Å²) < 4.78 is 1.87. The van der Waals surface area contributed by atoms with Crippen LogP contribution in [-0.2, 0) is 18.8 Å². The number of aromatic nitrogens is 3. The lowest BCUT2D eigenvalue weighted by Crippen LogP contribution is -2.24. The van der Waals surface area contributed by atoms with Crippen molar-refractivity contribution in [3.63, 3.8) is 0 Å². The van der Waals surface area contributed by atoms with Gasteiger partial charge < -0.3 is 9.88 Å². The molecule has 8 nitrogen and oxygen atoms in total. The van der Waals surface area contributed by atoms with Crippen molar-refractivity contribution in [2.24, 2.45) is 0 Å². The number of nitro groups is 1. The molecule has 1 amide bonds. The zero-order valence-electron chi connectivity index (χ0n) is 15.8. The Morgan fingerprint density at radius 2 is 1.90 bits per heavy atom. The van der Waals surface area contributed by atoms with E-state index in [1.807, 2.05) is 4.57 Å². The van der Waals surface area contributed by atoms with Crippen LogP contribution >= 0.6 is 23.4 Å². The Kier molecular flexibility index (Phi) is 7.21. The number of rotatable bonds is 9. The van der Waals surface area contributed by atoms with Gasteiger partial charge in [-0.25, -0.2) is 0 Å². The first-order valence-electron chi connectivity index (χ1n) is 8.91. The highest BCUT2D eigenvalue weighted by molar-refractivity contribution is 7.98. The van der Waals surface area contributed by atoms with Gasteiger partial charge in [0, 0.05) is 35.0 Å². The summed E-state index contributed by atoms with van der Waals surface area (Å²) in [5.41, 5.74) is 1.48. The largest absolute Gasteiger partial charge is 0.345 e. The van der Waals surface area contributed by atoms with Gasteiger partial charge in [0.25, 0.3) is 11.6 Å². The number of nitrogens with zero attached hydrogens (tertiary/aromatic N) is 4. The van der Waals surface area contributed by atoms with E-state index in [0.717, 1.165) is 5.56 Å². The minimum atomic E-state index is -0.428. The number of hydrogen-bond acceptors (Lipinski definition) is 6. The lowest BCUT2D eigenvalue weighted by Gasteiger charge is -2.09. The van der Waals surface area contributed by atoms with Crippen molar-refractivity contribution in [3.05, 3.63) is 93.3 Å². The number of hydrogen-bond donors (Lipinski definition) is 1. The number of carbonyl (C=O) groups excluding carboxylic acids is 1. The van der Waals surface area contributed by atoms with E-state index in [9.17, 15) is 14.9 Å². The summed E-state index contributed by atoms with van der Waals surface area (Å²) in [6.45, 7) is 4.46. The van der Waals surface area contributed by atoms with Crippen LogP contribution in [0.4, 0.5) is 5.69 Å². The zero-order chi connectivity index (χ0) is 21.5. The Morgan fingerprint density at radius 3 is 2.53 bits per heavy atom. The number of non-ortho nitro benzene ring substituents is 1. The topological polar surface area (TPSA) is 103 Å². The summed E-state index contributed by atoms with van der Waals surface area (Å²) in [6, 6.07) is 13.0. The Hall–Kier alpha value is -3.17. The fourth-order valence-corrected chi connectivity index (χ4v) is 3.64. The average molecular weight is 444 g/mol. The van der Waals surface area contributed by atoms with Crippen LogP contribution in [0, 0.1) is 10.1 Å². The summed E-state index contributed by atoms with van der Waals surface area (Å²) >= 11 is 7.30. The lowest BCUT2D eigenvalue weighted by molar-refractivity contribution is -0.384. The molecule has 10 heteroatoms. The third-order valence-electron chi connectivity index (χ3n) is 4.13. The van der Waals surface area contributed by atoms with E-state index in [1.165, 1.54) is 23.9 Å². The Morgan fingerprint density at radius 1 is 1.20 bits per heavy atom. The standard InChI is InChI=1S/C20H18ClN5O3S/c1-2-11-25-18(12-22-19(27)15-5-7-16(21)8-6-15)23-24-20(25)30-13-14-3-9-17(10-4-14)26(28)29/h2-10H,1,11-13H2,(H,22,27). The Balaban J connectivity index is 1.65. The van der Waals surface area contributed by atoms with Gasteiger partial charge in [0.2, 0.25) is 0 Å². The number of nitrogens with one attached hydrogen (secondary N) is 1. The second-order valence-corrected chi connectivity index (χ2v) is 7.58. The van der Waals surface area contributed by atoms with Crippen molar-refractivity contribution in [2.45, 2.75) is 24.0 Å². The highest BCUT2D eigenvalue weighted by atomic mass is 35.5. The van der Waals surface area contributed by atoms with Crippen molar-refractivity contribution in [3.8, 4) is 0 Å². The fraction of sp³-hybridized carbons (Fsp3) is 0.150. The van der Waals surface area contributed by atoms with Crippen LogP contribution in [0.15, 0.2) is 66.3 Å². The lowest BCUT2D eigenvalue weighted by atomic mass is 10.2. The molecule has 0 atom stereocenters. The van der Waals surface area contributed by atoms with Crippen molar-refractivity contribution in [2.75, 3.05) is 0 Å². The van der Waals surface area contributed by atoms with Gasteiger partial charge in [-0.1, -0.05) is 41.6 Å². The summed E-state index contributed by atoms with van der Waals surface area (Å²) in [4.78, 5) is 22.6. The molecule has 0 fully saturated rings. The number of allylic oxidation sites excluding steroid dienone is 1. The van der Waals surface area contributed by atoms with Crippen LogP contribution in [-0.4, -0.2) is 25.6 Å². The second-order valence-electron chi connectivity index (χ2n) is 6.20. The van der Waals surface area contributed by atoms with E-state index in [2.05, 4.69) is 22.1 Å². The number of halogens is 1. The molecule has 0 aliphatic rings. The predicted octanol–water partition coefficient (Wildman–Crippen LogP) is 4.25. The number of thioether (sulfide) groups is 1. The monoisotopic (exact) mass is 443 g/mol. The van der Waals surface area contributed by atoms with E-state index in [-0.39, 0.29) is 18.1 Å². The Bertz CT molecular complexity index is 1050. The zero-order valence-corrected chi connectivity index (χ0v) is 17.4. The molecule has 0 unspecified atom stereocenters. The fourth-order valence-electron chi connectivity index (χ4n) is 2.59. The summed E-state index contributed by atoms with van der Waals surface area (Å²) in [5.74, 6) is 0.938. The first kappa shape index (κ1) is 21.5. The van der Waals surface area contributed by atoms with Crippen molar-refractivity contribution in [1.29, 1.82) is 0 Å². The van der Waals surface area contributed by atoms with Gasteiger partial charge in [-0.3, -0.25) is 14.9 Å². The Labute approximate surface area is 182 Å². The van der Waals surface area contributed by atoms with Gasteiger partial charge in [0.05, 0.1) is 11.5 Å². The maximum atomic E-state index is 12.3. The normalized spacial score (nSPS) is 10.6. The SMILES string of the molecule is C=CCn1c(CNC(=O)c2ccc(Cl)cc2)nnc1SCc1ccc([N+](=O)[O-])cc1. The van der Waals surface area contributed by atoms with Crippen LogP contribution in [0.2, 0.25) is 5.02 Å². The smallest absolute Gasteiger partial charge is 0.269 e. The molecule has 30 heavy (non-hydrogen) atoms. The van der Waals surface area contributed by atoms with Crippen LogP contribution in [0.1, 0.15) is 21.7 Å². The third-order valence-corrected chi connectivity index (χ3v) is 5.42. The molecule has 1 heterocycles. The number of carbonyl (C=O) groups is 1. The molecule has 0 saturated carbocycles. The molecule has 154 valence electrons. The van der Waals surface area contributed by atoms with Crippen LogP contribution in [0.5, 0.6) is 0 Å². The second kappa shape index (κ2) is 10.0. The molecule has 0 bridgehead atoms. The average Bonchev–Trinajstić information content (AvgIpc) is 3.13. The molecule has 0 aliphatic heterocycles. The van der Waals surface area contributed by atoms with Crippen molar-refractivity contribution < 1.29 is 9.72 Å². The van der Waals surface area contributed by atoms with E-state index in [0.29, 0.717) is 33.9 Å². The maximum Gasteiger partial charge on any atom is 0.269 e. The third kappa shape index (κ3) is 5.46. The minimum absolute atomic E-state index is 0.0530. The first-order chi connectivity index (χ1) is 14.5. The molecule has 0 spiro atoms. The quantitative estimate of drug-likeness (QED) is 0.229. The van der Waals surface area contributed by atoms with Gasteiger partial charge in [-0.15, -0.1) is 16.8 Å². The minimum Gasteiger partial charge on any atom is -0.345 e. The molecular formula is C20H18ClN5O3S. The maximum absolute atomic E-state index is 12.3. The van der Waals surface area contributed by atoms with Gasteiger partial charge in [0.1, 0.15) is 0 Å². The number of amides is 1. The van der Waals surface area contributed by atoms with Gasteiger partial charge in [-0.05, 0) is 29.8 Å². The number of benzene rings is 2. The molecule has 1 aromatic heterocycles. The highest BCUT2D eigenvalue weighted by Gasteiger charge is 2.14. The predicted molar refractivity (Wildman–Crippen MR) is 115 cm³/mol. The summed E-state index contributed by atoms with van der Waals surface area (Å²) in [6.07, 6.45) is 1.73. The molecule has 1 N–H and O–H groups in total. The molecule has 3 aromatic rings. The van der Waals surface area contributed by atoms with E-state index in [1.54, 1.807) is 42.5 Å². The van der Waals surface area contributed by atoms with Crippen LogP contribution in [0.3, 0.4) is 0 Å². The molecule has 0 radical (unpaired) electrons. The van der Waals surface area contributed by atoms with Crippen molar-refractivity contribution in [1.82, 2.24) is 20.1 Å². The molecule has 2 aromatic carbocycles. The first-order valence-corrected chi connectivity index (χ1v) is 10.3.